The lowest BCUT2D eigenvalue weighted by Gasteiger charge is -2.14. The Hall–Kier alpha value is -2.39. The fraction of sp³-hybridized carbons (Fsp3) is 0.444. The molecule has 1 heterocycles. The maximum absolute atomic E-state index is 13.3. The molecule has 0 aliphatic heterocycles. The largest absolute Gasteiger partial charge is 0.396 e. The molecule has 0 radical (unpaired) electrons. The number of aryl methyl sites for hydroxylation is 1. The zero-order valence-electron chi connectivity index (χ0n) is 18.4. The normalized spacial score (nSPS) is 12.4. The Kier molecular flexibility index (Phi) is 8.27. The van der Waals surface area contributed by atoms with E-state index in [4.69, 9.17) is 5.11 Å². The van der Waals surface area contributed by atoms with Gasteiger partial charge in [-0.2, -0.15) is 0 Å². The number of carbonyl (C=O) groups is 1. The SMILES string of the molecule is Cc1[nH]c2cccc(C(C)CCCCCCCCCO)c2c1C(=O)c1ccccc1. The summed E-state index contributed by atoms with van der Waals surface area (Å²) in [5, 5.41) is 9.95. The van der Waals surface area contributed by atoms with E-state index in [2.05, 4.69) is 30.1 Å². The molecule has 0 aliphatic carbocycles. The van der Waals surface area contributed by atoms with Gasteiger partial charge in [-0.3, -0.25) is 4.79 Å². The molecule has 1 unspecified atom stereocenters. The van der Waals surface area contributed by atoms with Gasteiger partial charge in [0.15, 0.2) is 5.78 Å². The molecule has 160 valence electrons. The fourth-order valence-electron chi connectivity index (χ4n) is 4.44. The van der Waals surface area contributed by atoms with E-state index in [0.717, 1.165) is 47.0 Å². The summed E-state index contributed by atoms with van der Waals surface area (Å²) in [7, 11) is 0. The van der Waals surface area contributed by atoms with E-state index in [1.54, 1.807) is 0 Å². The summed E-state index contributed by atoms with van der Waals surface area (Å²) < 4.78 is 0. The van der Waals surface area contributed by atoms with Crippen molar-refractivity contribution in [3.63, 3.8) is 0 Å². The van der Waals surface area contributed by atoms with Crippen LogP contribution in [0, 0.1) is 6.92 Å². The zero-order valence-corrected chi connectivity index (χ0v) is 18.4. The number of hydrogen-bond acceptors (Lipinski definition) is 2. The van der Waals surface area contributed by atoms with Gasteiger partial charge in [-0.05, 0) is 37.3 Å². The second kappa shape index (κ2) is 11.1. The zero-order chi connectivity index (χ0) is 21.3. The Morgan fingerprint density at radius 1 is 0.900 bits per heavy atom. The van der Waals surface area contributed by atoms with Crippen LogP contribution >= 0.6 is 0 Å². The number of aromatic amines is 1. The molecule has 2 N–H and O–H groups in total. The first kappa shape index (κ1) is 22.3. The first-order valence-corrected chi connectivity index (χ1v) is 11.4. The predicted octanol–water partition coefficient (Wildman–Crippen LogP) is 6.92. The van der Waals surface area contributed by atoms with Crippen LogP contribution < -0.4 is 0 Å². The quantitative estimate of drug-likeness (QED) is 0.254. The summed E-state index contributed by atoms with van der Waals surface area (Å²) in [4.78, 5) is 16.7. The Morgan fingerprint density at radius 2 is 1.57 bits per heavy atom. The monoisotopic (exact) mass is 405 g/mol. The van der Waals surface area contributed by atoms with Crippen molar-refractivity contribution in [2.75, 3.05) is 6.61 Å². The summed E-state index contributed by atoms with van der Waals surface area (Å²) in [5.41, 5.74) is 4.84. The second-order valence-electron chi connectivity index (χ2n) is 8.48. The number of hydrogen-bond donors (Lipinski definition) is 2. The number of fused-ring (bicyclic) bond motifs is 1. The minimum Gasteiger partial charge on any atom is -0.396 e. The molecule has 0 saturated heterocycles. The molecule has 3 rings (SSSR count). The summed E-state index contributed by atoms with van der Waals surface area (Å²) in [6.45, 7) is 4.60. The number of carbonyl (C=O) groups excluding carboxylic acids is 1. The maximum Gasteiger partial charge on any atom is 0.195 e. The van der Waals surface area contributed by atoms with Crippen LogP contribution in [0.4, 0.5) is 0 Å². The molecule has 3 aromatic rings. The first-order chi connectivity index (χ1) is 14.6. The lowest BCUT2D eigenvalue weighted by Crippen LogP contribution is -2.04. The van der Waals surface area contributed by atoms with Crippen LogP contribution in [0.5, 0.6) is 0 Å². The van der Waals surface area contributed by atoms with Crippen molar-refractivity contribution < 1.29 is 9.90 Å². The van der Waals surface area contributed by atoms with Crippen molar-refractivity contribution in [3.05, 3.63) is 70.9 Å². The first-order valence-electron chi connectivity index (χ1n) is 11.4. The van der Waals surface area contributed by atoms with Crippen molar-refractivity contribution in [2.45, 2.75) is 71.1 Å². The minimum atomic E-state index is 0.0990. The molecular formula is C27H35NO2. The van der Waals surface area contributed by atoms with Crippen molar-refractivity contribution in [1.82, 2.24) is 4.98 Å². The standard InChI is InChI=1S/C27H35NO2/c1-20(14-9-6-4-3-5-7-12-19-29)23-17-13-18-24-26(23)25(21(2)28-24)27(30)22-15-10-8-11-16-22/h8,10-11,13,15-18,20,28-29H,3-7,9,12,14,19H2,1-2H3. The smallest absolute Gasteiger partial charge is 0.195 e. The van der Waals surface area contributed by atoms with E-state index < -0.39 is 0 Å². The third kappa shape index (κ3) is 5.40. The van der Waals surface area contributed by atoms with Gasteiger partial charge < -0.3 is 10.1 Å². The van der Waals surface area contributed by atoms with Crippen LogP contribution in [0.15, 0.2) is 48.5 Å². The average molecular weight is 406 g/mol. The van der Waals surface area contributed by atoms with E-state index >= 15 is 0 Å². The molecule has 1 atom stereocenters. The number of aliphatic hydroxyl groups excluding tert-OH is 1. The summed E-state index contributed by atoms with van der Waals surface area (Å²) in [6.07, 6.45) is 9.42. The summed E-state index contributed by atoms with van der Waals surface area (Å²) >= 11 is 0. The Bertz CT molecular complexity index is 942. The Labute approximate surface area is 180 Å². The number of rotatable bonds is 12. The van der Waals surface area contributed by atoms with Gasteiger partial charge in [0, 0.05) is 28.8 Å². The minimum absolute atomic E-state index is 0.0990. The molecule has 0 spiro atoms. The van der Waals surface area contributed by atoms with Gasteiger partial charge in [-0.25, -0.2) is 0 Å². The van der Waals surface area contributed by atoms with E-state index in [9.17, 15) is 4.79 Å². The molecule has 30 heavy (non-hydrogen) atoms. The predicted molar refractivity (Wildman–Crippen MR) is 125 cm³/mol. The molecule has 2 aromatic carbocycles. The van der Waals surface area contributed by atoms with Gasteiger partial charge in [0.2, 0.25) is 0 Å². The summed E-state index contributed by atoms with van der Waals surface area (Å²) in [5.74, 6) is 0.516. The van der Waals surface area contributed by atoms with Crippen LogP contribution in [0.25, 0.3) is 10.9 Å². The van der Waals surface area contributed by atoms with Gasteiger partial charge >= 0.3 is 0 Å². The number of H-pyrrole nitrogens is 1. The van der Waals surface area contributed by atoms with Crippen LogP contribution in [0.1, 0.15) is 91.4 Å². The molecule has 0 aliphatic rings. The molecule has 0 bridgehead atoms. The van der Waals surface area contributed by atoms with Crippen molar-refractivity contribution in [1.29, 1.82) is 0 Å². The van der Waals surface area contributed by atoms with Crippen LogP contribution in [0.2, 0.25) is 0 Å². The van der Waals surface area contributed by atoms with Crippen molar-refractivity contribution in [3.8, 4) is 0 Å². The van der Waals surface area contributed by atoms with Crippen molar-refractivity contribution >= 4 is 16.7 Å². The summed E-state index contributed by atoms with van der Waals surface area (Å²) in [6, 6.07) is 15.9. The van der Waals surface area contributed by atoms with E-state index in [-0.39, 0.29) is 5.78 Å². The van der Waals surface area contributed by atoms with Crippen LogP contribution in [-0.4, -0.2) is 22.5 Å². The highest BCUT2D eigenvalue weighted by molar-refractivity contribution is 6.18. The highest BCUT2D eigenvalue weighted by Crippen LogP contribution is 2.34. The highest BCUT2D eigenvalue weighted by Gasteiger charge is 2.21. The molecule has 0 saturated carbocycles. The molecule has 0 amide bonds. The lowest BCUT2D eigenvalue weighted by molar-refractivity contribution is 0.103. The van der Waals surface area contributed by atoms with Gasteiger partial charge in [-0.15, -0.1) is 0 Å². The van der Waals surface area contributed by atoms with E-state index in [0.29, 0.717) is 12.5 Å². The van der Waals surface area contributed by atoms with E-state index in [1.165, 1.54) is 37.7 Å². The van der Waals surface area contributed by atoms with Gasteiger partial charge in [0.25, 0.3) is 0 Å². The molecule has 3 heteroatoms. The number of benzene rings is 2. The third-order valence-corrected chi connectivity index (χ3v) is 6.13. The highest BCUT2D eigenvalue weighted by atomic mass is 16.2. The van der Waals surface area contributed by atoms with Gasteiger partial charge in [0.1, 0.15) is 0 Å². The van der Waals surface area contributed by atoms with Crippen molar-refractivity contribution in [2.24, 2.45) is 0 Å². The second-order valence-corrected chi connectivity index (χ2v) is 8.48. The average Bonchev–Trinajstić information content (AvgIpc) is 3.11. The third-order valence-electron chi connectivity index (χ3n) is 6.13. The topological polar surface area (TPSA) is 53.1 Å². The molecule has 3 nitrogen and oxygen atoms in total. The van der Waals surface area contributed by atoms with Crippen LogP contribution in [0.3, 0.4) is 0 Å². The van der Waals surface area contributed by atoms with Gasteiger partial charge in [-0.1, -0.05) is 87.9 Å². The van der Waals surface area contributed by atoms with Crippen LogP contribution in [-0.2, 0) is 0 Å². The number of aliphatic hydroxyl groups is 1. The fourth-order valence-corrected chi connectivity index (χ4v) is 4.44. The molecular weight excluding hydrogens is 370 g/mol. The lowest BCUT2D eigenvalue weighted by atomic mass is 9.89. The maximum atomic E-state index is 13.3. The molecule has 1 aromatic heterocycles. The molecule has 0 fully saturated rings. The number of aromatic nitrogens is 1. The Balaban J connectivity index is 1.71. The number of unbranched alkanes of at least 4 members (excludes halogenated alkanes) is 6. The Morgan fingerprint density at radius 3 is 2.27 bits per heavy atom. The van der Waals surface area contributed by atoms with E-state index in [1.807, 2.05) is 37.3 Å². The number of ketones is 1. The number of nitrogens with one attached hydrogen (secondary N) is 1. The van der Waals surface area contributed by atoms with Gasteiger partial charge in [0.05, 0.1) is 5.56 Å².